The third-order valence-corrected chi connectivity index (χ3v) is 1.18. The Kier molecular flexibility index (Phi) is 2.57. The van der Waals surface area contributed by atoms with Crippen LogP contribution < -0.4 is 10.5 Å². The first-order valence-electron chi connectivity index (χ1n) is 3.50. The van der Waals surface area contributed by atoms with Gasteiger partial charge in [-0.15, -0.1) is 10.2 Å². The number of carbonyl (C=O) groups is 1. The Bertz CT molecular complexity index is 270. The molecule has 0 spiro atoms. The van der Waals surface area contributed by atoms with Gasteiger partial charge in [0.15, 0.2) is 5.69 Å². The van der Waals surface area contributed by atoms with Crippen molar-refractivity contribution in [3.05, 3.63) is 17.8 Å². The van der Waals surface area contributed by atoms with Crippen molar-refractivity contribution in [1.82, 2.24) is 10.2 Å². The molecule has 12 heavy (non-hydrogen) atoms. The molecule has 1 aromatic heterocycles. The monoisotopic (exact) mass is 167 g/mol. The fraction of sp³-hybridized carbons (Fsp3) is 0.286. The molecule has 0 aliphatic heterocycles. The van der Waals surface area contributed by atoms with Crippen LogP contribution in [0, 0.1) is 0 Å². The molecule has 1 rings (SSSR count). The van der Waals surface area contributed by atoms with Crippen molar-refractivity contribution in [2.24, 2.45) is 5.73 Å². The van der Waals surface area contributed by atoms with Gasteiger partial charge in [0.2, 0.25) is 5.88 Å². The molecule has 0 radical (unpaired) electrons. The van der Waals surface area contributed by atoms with E-state index in [4.69, 9.17) is 10.5 Å². The Hall–Kier alpha value is -1.65. The lowest BCUT2D eigenvalue weighted by Crippen LogP contribution is -2.13. The van der Waals surface area contributed by atoms with Crippen LogP contribution in [0.5, 0.6) is 5.88 Å². The van der Waals surface area contributed by atoms with Gasteiger partial charge in [0, 0.05) is 6.07 Å². The molecule has 0 unspecified atom stereocenters. The largest absolute Gasteiger partial charge is 0.477 e. The Balaban J connectivity index is 2.78. The number of aromatic nitrogens is 2. The molecule has 5 nitrogen and oxygen atoms in total. The molecule has 5 heteroatoms. The van der Waals surface area contributed by atoms with Crippen LogP contribution in [0.3, 0.4) is 0 Å². The lowest BCUT2D eigenvalue weighted by molar-refractivity contribution is 0.0994. The van der Waals surface area contributed by atoms with Crippen LogP contribution in [-0.2, 0) is 0 Å². The molecule has 1 amide bonds. The van der Waals surface area contributed by atoms with Gasteiger partial charge in [-0.05, 0) is 13.0 Å². The van der Waals surface area contributed by atoms with Crippen LogP contribution in [0.4, 0.5) is 0 Å². The predicted molar refractivity (Wildman–Crippen MR) is 41.7 cm³/mol. The Morgan fingerprint density at radius 3 is 2.75 bits per heavy atom. The van der Waals surface area contributed by atoms with E-state index >= 15 is 0 Å². The molecule has 2 N–H and O–H groups in total. The first-order valence-corrected chi connectivity index (χ1v) is 3.50. The molecule has 64 valence electrons. The third kappa shape index (κ3) is 1.91. The summed E-state index contributed by atoms with van der Waals surface area (Å²) in [5.74, 6) is -0.201. The van der Waals surface area contributed by atoms with Crippen molar-refractivity contribution in [3.8, 4) is 5.88 Å². The molecule has 1 heterocycles. The maximum absolute atomic E-state index is 10.5. The number of ether oxygens (including phenoxy) is 1. The van der Waals surface area contributed by atoms with Crippen molar-refractivity contribution >= 4 is 5.91 Å². The minimum Gasteiger partial charge on any atom is -0.477 e. The number of hydrogen-bond donors (Lipinski definition) is 1. The Labute approximate surface area is 69.5 Å². The van der Waals surface area contributed by atoms with Gasteiger partial charge in [-0.3, -0.25) is 4.79 Å². The van der Waals surface area contributed by atoms with Gasteiger partial charge in [-0.25, -0.2) is 0 Å². The Morgan fingerprint density at radius 2 is 2.33 bits per heavy atom. The van der Waals surface area contributed by atoms with Crippen molar-refractivity contribution in [1.29, 1.82) is 0 Å². The molecule has 0 aliphatic rings. The van der Waals surface area contributed by atoms with Crippen LogP contribution in [0.15, 0.2) is 12.1 Å². The highest BCUT2D eigenvalue weighted by molar-refractivity contribution is 5.90. The number of carbonyl (C=O) groups excluding carboxylic acids is 1. The summed E-state index contributed by atoms with van der Waals surface area (Å²) in [4.78, 5) is 10.5. The van der Waals surface area contributed by atoms with E-state index in [1.54, 1.807) is 6.07 Å². The highest BCUT2D eigenvalue weighted by Crippen LogP contribution is 2.03. The number of primary amides is 1. The highest BCUT2D eigenvalue weighted by Gasteiger charge is 2.02. The summed E-state index contributed by atoms with van der Waals surface area (Å²) >= 11 is 0. The summed E-state index contributed by atoms with van der Waals surface area (Å²) < 4.78 is 5.01. The highest BCUT2D eigenvalue weighted by atomic mass is 16.5. The van der Waals surface area contributed by atoms with Crippen LogP contribution in [-0.4, -0.2) is 22.7 Å². The summed E-state index contributed by atoms with van der Waals surface area (Å²) in [5, 5.41) is 7.16. The van der Waals surface area contributed by atoms with E-state index in [1.807, 2.05) is 6.92 Å². The molecule has 0 aromatic carbocycles. The first-order chi connectivity index (χ1) is 5.74. The van der Waals surface area contributed by atoms with Crippen molar-refractivity contribution in [2.45, 2.75) is 6.92 Å². The van der Waals surface area contributed by atoms with Gasteiger partial charge in [-0.1, -0.05) is 0 Å². The number of amides is 1. The summed E-state index contributed by atoms with van der Waals surface area (Å²) in [6, 6.07) is 3.02. The van der Waals surface area contributed by atoms with Crippen LogP contribution in [0.25, 0.3) is 0 Å². The third-order valence-electron chi connectivity index (χ3n) is 1.18. The minimum atomic E-state index is -0.592. The van der Waals surface area contributed by atoms with E-state index in [-0.39, 0.29) is 5.69 Å². The molecule has 0 bridgehead atoms. The van der Waals surface area contributed by atoms with Crippen molar-refractivity contribution < 1.29 is 9.53 Å². The molecule has 1 aromatic rings. The molecular formula is C7H9N3O2. The fourth-order valence-corrected chi connectivity index (χ4v) is 0.676. The van der Waals surface area contributed by atoms with E-state index < -0.39 is 5.91 Å². The molecule has 0 saturated heterocycles. The number of nitrogens with two attached hydrogens (primary N) is 1. The van der Waals surface area contributed by atoms with Gasteiger partial charge in [0.25, 0.3) is 5.91 Å². The second kappa shape index (κ2) is 3.66. The van der Waals surface area contributed by atoms with E-state index in [1.165, 1.54) is 6.07 Å². The zero-order chi connectivity index (χ0) is 8.97. The fourth-order valence-electron chi connectivity index (χ4n) is 0.676. The summed E-state index contributed by atoms with van der Waals surface area (Å²) in [5.41, 5.74) is 5.09. The Morgan fingerprint density at radius 1 is 1.58 bits per heavy atom. The number of hydrogen-bond acceptors (Lipinski definition) is 4. The normalized spacial score (nSPS) is 9.42. The van der Waals surface area contributed by atoms with Crippen LogP contribution in [0.1, 0.15) is 17.4 Å². The average molecular weight is 167 g/mol. The second-order valence-electron chi connectivity index (χ2n) is 2.05. The summed E-state index contributed by atoms with van der Waals surface area (Å²) in [6.07, 6.45) is 0. The number of rotatable bonds is 3. The molecule has 0 saturated carbocycles. The van der Waals surface area contributed by atoms with Crippen LogP contribution >= 0.6 is 0 Å². The maximum Gasteiger partial charge on any atom is 0.269 e. The van der Waals surface area contributed by atoms with Gasteiger partial charge >= 0.3 is 0 Å². The molecular weight excluding hydrogens is 158 g/mol. The van der Waals surface area contributed by atoms with Gasteiger partial charge in [0.05, 0.1) is 6.61 Å². The zero-order valence-electron chi connectivity index (χ0n) is 6.65. The molecule has 0 aliphatic carbocycles. The average Bonchev–Trinajstić information content (AvgIpc) is 2.06. The van der Waals surface area contributed by atoms with Gasteiger partial charge in [0.1, 0.15) is 0 Å². The topological polar surface area (TPSA) is 78.1 Å². The van der Waals surface area contributed by atoms with E-state index in [9.17, 15) is 4.79 Å². The lowest BCUT2D eigenvalue weighted by atomic mass is 10.4. The molecule has 0 atom stereocenters. The SMILES string of the molecule is CCOc1ccc(C(N)=O)nn1. The lowest BCUT2D eigenvalue weighted by Gasteiger charge is -1.99. The quantitative estimate of drug-likeness (QED) is 0.685. The molecule has 0 fully saturated rings. The van der Waals surface area contributed by atoms with Crippen molar-refractivity contribution in [2.75, 3.05) is 6.61 Å². The maximum atomic E-state index is 10.5. The van der Waals surface area contributed by atoms with E-state index in [2.05, 4.69) is 10.2 Å². The van der Waals surface area contributed by atoms with E-state index in [0.717, 1.165) is 0 Å². The van der Waals surface area contributed by atoms with Gasteiger partial charge in [-0.2, -0.15) is 0 Å². The van der Waals surface area contributed by atoms with Crippen LogP contribution in [0.2, 0.25) is 0 Å². The minimum absolute atomic E-state index is 0.137. The number of nitrogens with zero attached hydrogens (tertiary/aromatic N) is 2. The predicted octanol–water partition coefficient (Wildman–Crippen LogP) is -0.0258. The summed E-state index contributed by atoms with van der Waals surface area (Å²) in [7, 11) is 0. The van der Waals surface area contributed by atoms with Gasteiger partial charge < -0.3 is 10.5 Å². The van der Waals surface area contributed by atoms with E-state index in [0.29, 0.717) is 12.5 Å². The second-order valence-corrected chi connectivity index (χ2v) is 2.05. The smallest absolute Gasteiger partial charge is 0.269 e. The first kappa shape index (κ1) is 8.45. The zero-order valence-corrected chi connectivity index (χ0v) is 6.65. The van der Waals surface area contributed by atoms with Crippen molar-refractivity contribution in [3.63, 3.8) is 0 Å². The standard InChI is InChI=1S/C7H9N3O2/c1-2-12-6-4-3-5(7(8)11)9-10-6/h3-4H,2H2,1H3,(H2,8,11). The summed E-state index contributed by atoms with van der Waals surface area (Å²) in [6.45, 7) is 2.36.